The van der Waals surface area contributed by atoms with E-state index in [1.165, 1.54) is 13.4 Å². The molecular formula is C15H13N3O4. The summed E-state index contributed by atoms with van der Waals surface area (Å²) in [5.74, 6) is 0.879. The van der Waals surface area contributed by atoms with Gasteiger partial charge in [-0.25, -0.2) is 4.79 Å². The van der Waals surface area contributed by atoms with Crippen LogP contribution in [0.3, 0.4) is 0 Å². The van der Waals surface area contributed by atoms with Crippen LogP contribution in [0.25, 0.3) is 11.6 Å². The number of carbonyl (C=O) groups is 1. The van der Waals surface area contributed by atoms with Gasteiger partial charge in [-0.15, -0.1) is 0 Å². The number of benzene rings is 1. The Kier molecular flexibility index (Phi) is 3.86. The van der Waals surface area contributed by atoms with Crippen molar-refractivity contribution in [3.8, 4) is 11.6 Å². The van der Waals surface area contributed by atoms with Crippen molar-refractivity contribution in [1.82, 2.24) is 10.1 Å². The maximum atomic E-state index is 11.7. The molecule has 7 nitrogen and oxygen atoms in total. The van der Waals surface area contributed by atoms with E-state index in [1.807, 2.05) is 6.07 Å². The number of hydrogen-bond acceptors (Lipinski definition) is 7. The molecular weight excluding hydrogens is 286 g/mol. The summed E-state index contributed by atoms with van der Waals surface area (Å²) in [6.45, 7) is 0.279. The number of nitrogens with zero attached hydrogens (tertiary/aromatic N) is 2. The van der Waals surface area contributed by atoms with E-state index in [1.54, 1.807) is 30.3 Å². The van der Waals surface area contributed by atoms with Gasteiger partial charge in [-0.3, -0.25) is 0 Å². The molecule has 3 aromatic rings. The van der Waals surface area contributed by atoms with E-state index in [4.69, 9.17) is 13.7 Å². The Hall–Kier alpha value is -3.09. The van der Waals surface area contributed by atoms with E-state index in [2.05, 4.69) is 15.5 Å². The van der Waals surface area contributed by atoms with Gasteiger partial charge < -0.3 is 19.0 Å². The first-order chi connectivity index (χ1) is 10.8. The number of furan rings is 1. The van der Waals surface area contributed by atoms with Gasteiger partial charge in [0.05, 0.1) is 25.5 Å². The lowest BCUT2D eigenvalue weighted by molar-refractivity contribution is 0.0602. The lowest BCUT2D eigenvalue weighted by Gasteiger charge is -2.08. The maximum Gasteiger partial charge on any atom is 0.339 e. The summed E-state index contributed by atoms with van der Waals surface area (Å²) in [5, 5.41) is 6.91. The number of carbonyl (C=O) groups excluding carboxylic acids is 1. The van der Waals surface area contributed by atoms with Gasteiger partial charge in [0.15, 0.2) is 5.76 Å². The second-order valence-electron chi connectivity index (χ2n) is 4.38. The van der Waals surface area contributed by atoms with Crippen LogP contribution in [0.1, 0.15) is 16.2 Å². The second kappa shape index (κ2) is 6.13. The molecule has 0 aliphatic heterocycles. The standard InChI is InChI=1S/C15H13N3O4/c1-20-15(19)10-5-2-3-6-11(10)16-9-13-17-14(18-22-13)12-7-4-8-21-12/h2-8,16H,9H2,1H3. The first-order valence-electron chi connectivity index (χ1n) is 6.55. The zero-order valence-corrected chi connectivity index (χ0v) is 11.8. The number of anilines is 1. The molecule has 0 bridgehead atoms. The van der Waals surface area contributed by atoms with Gasteiger partial charge in [-0.2, -0.15) is 4.98 Å². The number of esters is 1. The lowest BCUT2D eigenvalue weighted by atomic mass is 10.2. The summed E-state index contributed by atoms with van der Waals surface area (Å²) in [4.78, 5) is 15.9. The van der Waals surface area contributed by atoms with Crippen molar-refractivity contribution in [2.75, 3.05) is 12.4 Å². The molecule has 1 N–H and O–H groups in total. The number of methoxy groups -OCH3 is 1. The van der Waals surface area contributed by atoms with Gasteiger partial charge in [-0.1, -0.05) is 17.3 Å². The molecule has 112 valence electrons. The third-order valence-corrected chi connectivity index (χ3v) is 2.97. The minimum atomic E-state index is -0.412. The van der Waals surface area contributed by atoms with Crippen LogP contribution in [0.15, 0.2) is 51.6 Å². The fraction of sp³-hybridized carbons (Fsp3) is 0.133. The van der Waals surface area contributed by atoms with Gasteiger partial charge in [0.1, 0.15) is 0 Å². The fourth-order valence-electron chi connectivity index (χ4n) is 1.93. The zero-order chi connectivity index (χ0) is 15.4. The third-order valence-electron chi connectivity index (χ3n) is 2.97. The van der Waals surface area contributed by atoms with Crippen LogP contribution >= 0.6 is 0 Å². The van der Waals surface area contributed by atoms with Crippen molar-refractivity contribution in [1.29, 1.82) is 0 Å². The van der Waals surface area contributed by atoms with E-state index in [-0.39, 0.29) is 6.54 Å². The molecule has 2 heterocycles. The van der Waals surface area contributed by atoms with E-state index in [9.17, 15) is 4.79 Å². The topological polar surface area (TPSA) is 90.4 Å². The Labute approximate surface area is 125 Å². The smallest absolute Gasteiger partial charge is 0.339 e. The van der Waals surface area contributed by atoms with Crippen molar-refractivity contribution >= 4 is 11.7 Å². The van der Waals surface area contributed by atoms with E-state index >= 15 is 0 Å². The highest BCUT2D eigenvalue weighted by molar-refractivity contribution is 5.95. The van der Waals surface area contributed by atoms with Gasteiger partial charge in [0.2, 0.25) is 11.7 Å². The molecule has 0 saturated carbocycles. The highest BCUT2D eigenvalue weighted by atomic mass is 16.5. The SMILES string of the molecule is COC(=O)c1ccccc1NCc1nc(-c2ccco2)no1. The molecule has 0 aliphatic carbocycles. The minimum Gasteiger partial charge on any atom is -0.465 e. The van der Waals surface area contributed by atoms with E-state index < -0.39 is 5.97 Å². The van der Waals surface area contributed by atoms with Crippen LogP contribution in [0.2, 0.25) is 0 Å². The van der Waals surface area contributed by atoms with Crippen molar-refractivity contribution < 1.29 is 18.5 Å². The molecule has 0 unspecified atom stereocenters. The molecule has 1 aromatic carbocycles. The van der Waals surface area contributed by atoms with Crippen molar-refractivity contribution in [2.45, 2.75) is 6.54 Å². The molecule has 0 atom stereocenters. The second-order valence-corrected chi connectivity index (χ2v) is 4.38. The Bertz CT molecular complexity index is 765. The number of aromatic nitrogens is 2. The van der Waals surface area contributed by atoms with Crippen LogP contribution < -0.4 is 5.32 Å². The quantitative estimate of drug-likeness (QED) is 0.724. The summed E-state index contributed by atoms with van der Waals surface area (Å²) < 4.78 is 15.1. The van der Waals surface area contributed by atoms with Gasteiger partial charge >= 0.3 is 5.97 Å². The maximum absolute atomic E-state index is 11.7. The van der Waals surface area contributed by atoms with Crippen LogP contribution in [-0.4, -0.2) is 23.2 Å². The van der Waals surface area contributed by atoms with Crippen molar-refractivity contribution in [2.24, 2.45) is 0 Å². The molecule has 22 heavy (non-hydrogen) atoms. The number of ether oxygens (including phenoxy) is 1. The monoisotopic (exact) mass is 299 g/mol. The molecule has 2 aromatic heterocycles. The predicted octanol–water partition coefficient (Wildman–Crippen LogP) is 2.73. The lowest BCUT2D eigenvalue weighted by Crippen LogP contribution is -2.08. The highest BCUT2D eigenvalue weighted by Crippen LogP contribution is 2.19. The summed E-state index contributed by atoms with van der Waals surface area (Å²) >= 11 is 0. The first kappa shape index (κ1) is 13.9. The van der Waals surface area contributed by atoms with Crippen LogP contribution in [-0.2, 0) is 11.3 Å². The zero-order valence-electron chi connectivity index (χ0n) is 11.8. The number of para-hydroxylation sites is 1. The average molecular weight is 299 g/mol. The highest BCUT2D eigenvalue weighted by Gasteiger charge is 2.13. The molecule has 3 rings (SSSR count). The summed E-state index contributed by atoms with van der Waals surface area (Å²) in [6.07, 6.45) is 1.54. The molecule has 0 spiro atoms. The predicted molar refractivity (Wildman–Crippen MR) is 77.1 cm³/mol. The largest absolute Gasteiger partial charge is 0.465 e. The van der Waals surface area contributed by atoms with Crippen molar-refractivity contribution in [3.05, 3.63) is 54.1 Å². The van der Waals surface area contributed by atoms with E-state index in [0.717, 1.165) is 0 Å². The Morgan fingerprint density at radius 2 is 2.14 bits per heavy atom. The van der Waals surface area contributed by atoms with Gasteiger partial charge in [-0.05, 0) is 24.3 Å². The summed E-state index contributed by atoms with van der Waals surface area (Å²) in [7, 11) is 1.34. The third kappa shape index (κ3) is 2.83. The average Bonchev–Trinajstić information content (AvgIpc) is 3.23. The summed E-state index contributed by atoms with van der Waals surface area (Å²) in [6, 6.07) is 10.5. The van der Waals surface area contributed by atoms with Crippen LogP contribution in [0.4, 0.5) is 5.69 Å². The molecule has 0 amide bonds. The van der Waals surface area contributed by atoms with Crippen LogP contribution in [0, 0.1) is 0 Å². The normalized spacial score (nSPS) is 10.4. The van der Waals surface area contributed by atoms with Crippen LogP contribution in [0.5, 0.6) is 0 Å². The molecule has 0 fully saturated rings. The molecule has 7 heteroatoms. The van der Waals surface area contributed by atoms with Gasteiger partial charge in [0, 0.05) is 5.69 Å². The van der Waals surface area contributed by atoms with Gasteiger partial charge in [0.25, 0.3) is 0 Å². The minimum absolute atomic E-state index is 0.279. The van der Waals surface area contributed by atoms with E-state index in [0.29, 0.717) is 28.7 Å². The van der Waals surface area contributed by atoms with Crippen molar-refractivity contribution in [3.63, 3.8) is 0 Å². The Morgan fingerprint density at radius 1 is 1.27 bits per heavy atom. The number of rotatable bonds is 5. The first-order valence-corrected chi connectivity index (χ1v) is 6.55. The number of hydrogen-bond donors (Lipinski definition) is 1. The summed E-state index contributed by atoms with van der Waals surface area (Å²) in [5.41, 5.74) is 1.07. The Morgan fingerprint density at radius 3 is 2.91 bits per heavy atom. The number of nitrogens with one attached hydrogen (secondary N) is 1. The molecule has 0 radical (unpaired) electrons. The molecule has 0 aliphatic rings. The fourth-order valence-corrected chi connectivity index (χ4v) is 1.93. The molecule has 0 saturated heterocycles. The Balaban J connectivity index is 1.72.